The van der Waals surface area contributed by atoms with Crippen LogP contribution in [0.1, 0.15) is 6.92 Å². The van der Waals surface area contributed by atoms with Gasteiger partial charge in [0.15, 0.2) is 0 Å². The van der Waals surface area contributed by atoms with E-state index in [0.717, 1.165) is 0 Å². The number of aliphatic carboxylic acids is 1. The van der Waals surface area contributed by atoms with E-state index < -0.39 is 5.97 Å². The molecule has 0 aromatic carbocycles. The summed E-state index contributed by atoms with van der Waals surface area (Å²) in [5.41, 5.74) is 0. The van der Waals surface area contributed by atoms with Crippen molar-refractivity contribution in [3.8, 4) is 0 Å². The lowest BCUT2D eigenvalue weighted by Gasteiger charge is -2.14. The van der Waals surface area contributed by atoms with Crippen molar-refractivity contribution in [1.82, 2.24) is 9.80 Å². The van der Waals surface area contributed by atoms with Crippen LogP contribution in [0.5, 0.6) is 0 Å². The summed E-state index contributed by atoms with van der Waals surface area (Å²) in [5.74, 6) is -0.792. The summed E-state index contributed by atoms with van der Waals surface area (Å²) >= 11 is 0. The highest BCUT2D eigenvalue weighted by Crippen LogP contribution is 2.01. The Balaban J connectivity index is 0.000000424. The normalized spacial score (nSPS) is 14.1. The van der Waals surface area contributed by atoms with Gasteiger partial charge in [-0.2, -0.15) is 0 Å². The van der Waals surface area contributed by atoms with E-state index in [1.807, 2.05) is 18.1 Å². The molecule has 76 valence electrons. The van der Waals surface area contributed by atoms with E-state index in [-0.39, 0.29) is 13.2 Å². The fourth-order valence-electron chi connectivity index (χ4n) is 0.865. The highest BCUT2D eigenvalue weighted by atomic mass is 16.4. The first kappa shape index (κ1) is 11.8. The van der Waals surface area contributed by atoms with E-state index in [9.17, 15) is 4.79 Å². The number of aliphatic hydroxyl groups is 1. The van der Waals surface area contributed by atoms with Crippen LogP contribution in [0.4, 0.5) is 0 Å². The largest absolute Gasteiger partial charge is 0.480 e. The molecule has 5 heteroatoms. The average molecular weight is 188 g/mol. The molecule has 0 saturated heterocycles. The number of aliphatic hydroxyl groups excluding tert-OH is 1. The van der Waals surface area contributed by atoms with Crippen LogP contribution in [-0.2, 0) is 4.79 Å². The van der Waals surface area contributed by atoms with Crippen molar-refractivity contribution in [2.24, 2.45) is 0 Å². The molecule has 1 heterocycles. The molecule has 0 aromatic heterocycles. The van der Waals surface area contributed by atoms with Crippen LogP contribution in [0.25, 0.3) is 0 Å². The quantitative estimate of drug-likeness (QED) is 0.625. The fraction of sp³-hybridized carbons (Fsp3) is 0.625. The highest BCUT2D eigenvalue weighted by molar-refractivity contribution is 5.69. The third kappa shape index (κ3) is 5.98. The van der Waals surface area contributed by atoms with E-state index in [2.05, 4.69) is 0 Å². The second kappa shape index (κ2) is 6.30. The lowest BCUT2D eigenvalue weighted by molar-refractivity contribution is -0.137. The molecular formula is C8H16N2O3. The van der Waals surface area contributed by atoms with E-state index in [1.54, 1.807) is 18.0 Å². The van der Waals surface area contributed by atoms with Crippen molar-refractivity contribution in [2.75, 3.05) is 26.9 Å². The van der Waals surface area contributed by atoms with Gasteiger partial charge in [0.25, 0.3) is 0 Å². The van der Waals surface area contributed by atoms with Crippen molar-refractivity contribution in [1.29, 1.82) is 0 Å². The molecule has 1 aliphatic heterocycles. The van der Waals surface area contributed by atoms with Gasteiger partial charge in [-0.3, -0.25) is 4.79 Å². The maximum absolute atomic E-state index is 10.2. The minimum atomic E-state index is -0.792. The first-order valence-electron chi connectivity index (χ1n) is 4.05. The topological polar surface area (TPSA) is 64.0 Å². The predicted octanol–water partition coefficient (Wildman–Crippen LogP) is -0.254. The summed E-state index contributed by atoms with van der Waals surface area (Å²) in [6.07, 6.45) is 3.62. The zero-order valence-corrected chi connectivity index (χ0v) is 7.97. The molecular weight excluding hydrogens is 172 g/mol. The van der Waals surface area contributed by atoms with Crippen LogP contribution in [0.15, 0.2) is 12.4 Å². The van der Waals surface area contributed by atoms with Gasteiger partial charge in [-0.25, -0.2) is 0 Å². The number of carbonyl (C=O) groups is 1. The zero-order valence-electron chi connectivity index (χ0n) is 7.97. The standard InChI is InChI=1S/C6H10N2O2.C2H6O/c1-7-2-3-8(5-7)4-6(9)10;1-2-3/h2-3H,4-5H2,1H3,(H,9,10);3H,2H2,1H3. The van der Waals surface area contributed by atoms with Crippen LogP contribution in [0.3, 0.4) is 0 Å². The van der Waals surface area contributed by atoms with Gasteiger partial charge in [-0.05, 0) is 6.92 Å². The zero-order chi connectivity index (χ0) is 10.3. The molecule has 1 aliphatic rings. The molecule has 1 rings (SSSR count). The van der Waals surface area contributed by atoms with Crippen molar-refractivity contribution in [2.45, 2.75) is 6.92 Å². The minimum absolute atomic E-state index is 0.0842. The number of rotatable bonds is 2. The van der Waals surface area contributed by atoms with E-state index >= 15 is 0 Å². The van der Waals surface area contributed by atoms with Gasteiger partial charge in [0, 0.05) is 26.1 Å². The molecule has 0 bridgehead atoms. The molecule has 5 nitrogen and oxygen atoms in total. The molecule has 0 fully saturated rings. The van der Waals surface area contributed by atoms with Gasteiger partial charge in [0.1, 0.15) is 6.54 Å². The van der Waals surface area contributed by atoms with Crippen molar-refractivity contribution in [3.63, 3.8) is 0 Å². The van der Waals surface area contributed by atoms with Crippen LogP contribution in [0, 0.1) is 0 Å². The van der Waals surface area contributed by atoms with E-state index in [0.29, 0.717) is 6.67 Å². The summed E-state index contributed by atoms with van der Waals surface area (Å²) in [4.78, 5) is 13.8. The van der Waals surface area contributed by atoms with Crippen LogP contribution >= 0.6 is 0 Å². The molecule has 13 heavy (non-hydrogen) atoms. The molecule has 0 amide bonds. The predicted molar refractivity (Wildman–Crippen MR) is 48.9 cm³/mol. The number of carboxylic acid groups (broad SMARTS) is 1. The number of hydrogen-bond donors (Lipinski definition) is 2. The molecule has 0 unspecified atom stereocenters. The van der Waals surface area contributed by atoms with E-state index in [1.165, 1.54) is 0 Å². The second-order valence-electron chi connectivity index (χ2n) is 2.65. The molecule has 0 atom stereocenters. The van der Waals surface area contributed by atoms with Gasteiger partial charge in [-0.1, -0.05) is 0 Å². The Morgan fingerprint density at radius 3 is 2.38 bits per heavy atom. The van der Waals surface area contributed by atoms with Gasteiger partial charge < -0.3 is 20.0 Å². The first-order chi connectivity index (χ1) is 6.10. The Kier molecular flexibility index (Phi) is 5.71. The molecule has 0 aromatic rings. The summed E-state index contributed by atoms with van der Waals surface area (Å²) in [7, 11) is 1.90. The maximum Gasteiger partial charge on any atom is 0.323 e. The monoisotopic (exact) mass is 188 g/mol. The molecule has 0 aliphatic carbocycles. The molecule has 2 N–H and O–H groups in total. The van der Waals surface area contributed by atoms with Gasteiger partial charge in [0.2, 0.25) is 0 Å². The average Bonchev–Trinajstić information content (AvgIpc) is 2.35. The first-order valence-corrected chi connectivity index (χ1v) is 4.05. The summed E-state index contributed by atoms with van der Waals surface area (Å²) in [5, 5.41) is 15.9. The summed E-state index contributed by atoms with van der Waals surface area (Å²) in [6.45, 7) is 2.69. The summed E-state index contributed by atoms with van der Waals surface area (Å²) < 4.78 is 0. The minimum Gasteiger partial charge on any atom is -0.480 e. The number of nitrogens with zero attached hydrogens (tertiary/aromatic N) is 2. The highest BCUT2D eigenvalue weighted by Gasteiger charge is 2.10. The number of hydrogen-bond acceptors (Lipinski definition) is 4. The number of carboxylic acids is 1. The van der Waals surface area contributed by atoms with Crippen molar-refractivity contribution >= 4 is 5.97 Å². The Hall–Kier alpha value is -1.23. The van der Waals surface area contributed by atoms with Gasteiger partial charge in [-0.15, -0.1) is 0 Å². The van der Waals surface area contributed by atoms with Crippen LogP contribution in [-0.4, -0.2) is 52.9 Å². The van der Waals surface area contributed by atoms with Gasteiger partial charge >= 0.3 is 5.97 Å². The Morgan fingerprint density at radius 1 is 1.54 bits per heavy atom. The third-order valence-electron chi connectivity index (χ3n) is 1.28. The smallest absolute Gasteiger partial charge is 0.323 e. The SMILES string of the molecule is CCO.CN1C=CN(CC(=O)O)C1. The second-order valence-corrected chi connectivity index (χ2v) is 2.65. The van der Waals surface area contributed by atoms with E-state index in [4.69, 9.17) is 10.2 Å². The maximum atomic E-state index is 10.2. The Labute approximate surface area is 77.9 Å². The van der Waals surface area contributed by atoms with Crippen LogP contribution in [0.2, 0.25) is 0 Å². The van der Waals surface area contributed by atoms with Crippen molar-refractivity contribution in [3.05, 3.63) is 12.4 Å². The van der Waals surface area contributed by atoms with Gasteiger partial charge in [0.05, 0.1) is 6.67 Å². The lowest BCUT2D eigenvalue weighted by Crippen LogP contribution is -2.27. The lowest BCUT2D eigenvalue weighted by atomic mass is 10.6. The molecule has 0 saturated carbocycles. The fourth-order valence-corrected chi connectivity index (χ4v) is 0.865. The third-order valence-corrected chi connectivity index (χ3v) is 1.28. The van der Waals surface area contributed by atoms with Crippen molar-refractivity contribution < 1.29 is 15.0 Å². The van der Waals surface area contributed by atoms with Crippen LogP contribution < -0.4 is 0 Å². The molecule has 0 radical (unpaired) electrons. The Morgan fingerprint density at radius 2 is 2.08 bits per heavy atom. The Bertz CT molecular complexity index is 182. The summed E-state index contributed by atoms with van der Waals surface area (Å²) in [6, 6.07) is 0. The molecule has 0 spiro atoms.